The van der Waals surface area contributed by atoms with Crippen molar-refractivity contribution in [3.63, 3.8) is 0 Å². The molecule has 1 unspecified atom stereocenters. The predicted octanol–water partition coefficient (Wildman–Crippen LogP) is 2.68. The van der Waals surface area contributed by atoms with Gasteiger partial charge in [0.15, 0.2) is 5.78 Å². The second-order valence-corrected chi connectivity index (χ2v) is 6.60. The Bertz CT molecular complexity index is 411. The van der Waals surface area contributed by atoms with E-state index in [4.69, 9.17) is 11.6 Å². The standard InChI is InChI=1S/C13H18ClNO2S/c1-9(16)10-4-6-15(7-5-10)8-11(17)12-2-3-13(14)18-12/h2-3,9-10,16H,4-8H2,1H3. The molecule has 5 heteroatoms. The van der Waals surface area contributed by atoms with Gasteiger partial charge < -0.3 is 5.11 Å². The van der Waals surface area contributed by atoms with Crippen LogP contribution in [0.4, 0.5) is 0 Å². The summed E-state index contributed by atoms with van der Waals surface area (Å²) in [5.74, 6) is 0.523. The fourth-order valence-corrected chi connectivity index (χ4v) is 3.31. The van der Waals surface area contributed by atoms with Crippen LogP contribution in [0.5, 0.6) is 0 Å². The van der Waals surface area contributed by atoms with E-state index in [1.165, 1.54) is 11.3 Å². The molecule has 0 amide bonds. The van der Waals surface area contributed by atoms with Crippen LogP contribution in [0.25, 0.3) is 0 Å². The van der Waals surface area contributed by atoms with E-state index in [0.29, 0.717) is 16.8 Å². The lowest BCUT2D eigenvalue weighted by Crippen LogP contribution is -2.39. The summed E-state index contributed by atoms with van der Waals surface area (Å²) in [6.45, 7) is 4.09. The van der Waals surface area contributed by atoms with Crippen LogP contribution in [0.2, 0.25) is 4.34 Å². The van der Waals surface area contributed by atoms with E-state index in [-0.39, 0.29) is 11.9 Å². The van der Waals surface area contributed by atoms with Crippen LogP contribution in [-0.2, 0) is 0 Å². The maximum atomic E-state index is 12.0. The van der Waals surface area contributed by atoms with Crippen molar-refractivity contribution in [3.8, 4) is 0 Å². The zero-order valence-electron chi connectivity index (χ0n) is 10.4. The van der Waals surface area contributed by atoms with Gasteiger partial charge in [0.2, 0.25) is 0 Å². The van der Waals surface area contributed by atoms with Gasteiger partial charge in [-0.3, -0.25) is 9.69 Å². The minimum Gasteiger partial charge on any atom is -0.393 e. The van der Waals surface area contributed by atoms with E-state index in [9.17, 15) is 9.90 Å². The first kappa shape index (κ1) is 14.0. The summed E-state index contributed by atoms with van der Waals surface area (Å²) in [5.41, 5.74) is 0. The molecule has 0 aromatic carbocycles. The lowest BCUT2D eigenvalue weighted by atomic mass is 9.92. The third kappa shape index (κ3) is 3.54. The fourth-order valence-electron chi connectivity index (χ4n) is 2.34. The van der Waals surface area contributed by atoms with Gasteiger partial charge in [0.1, 0.15) is 0 Å². The number of aliphatic hydroxyl groups excluding tert-OH is 1. The molecule has 2 heterocycles. The summed E-state index contributed by atoms with van der Waals surface area (Å²) in [6, 6.07) is 3.55. The molecular formula is C13H18ClNO2S. The Morgan fingerprint density at radius 1 is 1.56 bits per heavy atom. The normalized spacial score (nSPS) is 19.9. The molecule has 0 radical (unpaired) electrons. The zero-order chi connectivity index (χ0) is 13.1. The number of Topliss-reactive ketones (excluding diaryl/α,β-unsaturated/α-hetero) is 1. The average Bonchev–Trinajstić information content (AvgIpc) is 2.76. The molecule has 3 nitrogen and oxygen atoms in total. The van der Waals surface area contributed by atoms with Crippen molar-refractivity contribution in [1.29, 1.82) is 0 Å². The zero-order valence-corrected chi connectivity index (χ0v) is 12.0. The number of hydrogen-bond acceptors (Lipinski definition) is 4. The smallest absolute Gasteiger partial charge is 0.186 e. The molecule has 1 N–H and O–H groups in total. The molecule has 1 aliphatic heterocycles. The Morgan fingerprint density at radius 2 is 2.22 bits per heavy atom. The SMILES string of the molecule is CC(O)C1CCN(CC(=O)c2ccc(Cl)s2)CC1. The summed E-state index contributed by atoms with van der Waals surface area (Å²) in [6.07, 6.45) is 1.70. The van der Waals surface area contributed by atoms with Crippen molar-refractivity contribution < 1.29 is 9.90 Å². The molecule has 0 spiro atoms. The van der Waals surface area contributed by atoms with Crippen molar-refractivity contribution >= 4 is 28.7 Å². The first-order chi connectivity index (χ1) is 8.56. The fraction of sp³-hybridized carbons (Fsp3) is 0.615. The molecule has 0 saturated carbocycles. The Morgan fingerprint density at radius 3 is 2.72 bits per heavy atom. The van der Waals surface area contributed by atoms with Gasteiger partial charge in [-0.1, -0.05) is 11.6 Å². The number of nitrogens with zero attached hydrogens (tertiary/aromatic N) is 1. The van der Waals surface area contributed by atoms with Crippen molar-refractivity contribution in [2.75, 3.05) is 19.6 Å². The molecule has 1 saturated heterocycles. The summed E-state index contributed by atoms with van der Waals surface area (Å²) in [4.78, 5) is 14.9. The topological polar surface area (TPSA) is 40.5 Å². The number of piperidine rings is 1. The lowest BCUT2D eigenvalue weighted by molar-refractivity contribution is 0.0666. The molecule has 1 aromatic rings. The largest absolute Gasteiger partial charge is 0.393 e. The summed E-state index contributed by atoms with van der Waals surface area (Å²) in [7, 11) is 0. The minimum atomic E-state index is -0.237. The number of rotatable bonds is 4. The number of aliphatic hydroxyl groups is 1. The van der Waals surface area contributed by atoms with Crippen LogP contribution in [0.15, 0.2) is 12.1 Å². The van der Waals surface area contributed by atoms with E-state index in [0.717, 1.165) is 30.8 Å². The first-order valence-electron chi connectivity index (χ1n) is 6.25. The average molecular weight is 288 g/mol. The van der Waals surface area contributed by atoms with Gasteiger partial charge in [-0.05, 0) is 50.9 Å². The summed E-state index contributed by atoms with van der Waals surface area (Å²) in [5, 5.41) is 9.53. The van der Waals surface area contributed by atoms with Crippen molar-refractivity contribution in [3.05, 3.63) is 21.3 Å². The maximum absolute atomic E-state index is 12.0. The van der Waals surface area contributed by atoms with Gasteiger partial charge in [-0.2, -0.15) is 0 Å². The Kier molecular flexibility index (Phi) is 4.78. The van der Waals surface area contributed by atoms with Crippen molar-refractivity contribution in [2.24, 2.45) is 5.92 Å². The lowest BCUT2D eigenvalue weighted by Gasteiger charge is -2.32. The second-order valence-electron chi connectivity index (χ2n) is 4.88. The highest BCUT2D eigenvalue weighted by Gasteiger charge is 2.24. The number of carbonyl (C=O) groups excluding carboxylic acids is 1. The highest BCUT2D eigenvalue weighted by atomic mass is 35.5. The van der Waals surface area contributed by atoms with Crippen LogP contribution >= 0.6 is 22.9 Å². The monoisotopic (exact) mass is 287 g/mol. The number of hydrogen-bond donors (Lipinski definition) is 1. The van der Waals surface area contributed by atoms with Crippen LogP contribution < -0.4 is 0 Å². The number of carbonyl (C=O) groups is 1. The summed E-state index contributed by atoms with van der Waals surface area (Å²) < 4.78 is 0.658. The van der Waals surface area contributed by atoms with Crippen molar-refractivity contribution in [1.82, 2.24) is 4.90 Å². The molecule has 1 aromatic heterocycles. The molecule has 2 rings (SSSR count). The summed E-state index contributed by atoms with van der Waals surface area (Å²) >= 11 is 7.17. The third-order valence-electron chi connectivity index (χ3n) is 3.53. The maximum Gasteiger partial charge on any atom is 0.186 e. The quantitative estimate of drug-likeness (QED) is 0.866. The molecule has 0 aliphatic carbocycles. The highest BCUT2D eigenvalue weighted by molar-refractivity contribution is 7.18. The van der Waals surface area contributed by atoms with Crippen LogP contribution in [0, 0.1) is 5.92 Å². The van der Waals surface area contributed by atoms with Gasteiger partial charge in [-0.15, -0.1) is 11.3 Å². The van der Waals surface area contributed by atoms with Crippen LogP contribution in [-0.4, -0.2) is 41.5 Å². The number of halogens is 1. The van der Waals surface area contributed by atoms with Crippen LogP contribution in [0.1, 0.15) is 29.4 Å². The van der Waals surface area contributed by atoms with Crippen molar-refractivity contribution in [2.45, 2.75) is 25.9 Å². The van der Waals surface area contributed by atoms with E-state index < -0.39 is 0 Å². The van der Waals surface area contributed by atoms with Gasteiger partial charge >= 0.3 is 0 Å². The molecule has 18 heavy (non-hydrogen) atoms. The van der Waals surface area contributed by atoms with Gasteiger partial charge in [0, 0.05) is 0 Å². The molecule has 100 valence electrons. The third-order valence-corrected chi connectivity index (χ3v) is 4.80. The Labute approximate surface area is 116 Å². The second kappa shape index (κ2) is 6.15. The Balaban J connectivity index is 1.83. The molecular weight excluding hydrogens is 270 g/mol. The first-order valence-corrected chi connectivity index (χ1v) is 7.44. The van der Waals surface area contributed by atoms with E-state index in [2.05, 4.69) is 4.90 Å². The number of ketones is 1. The predicted molar refractivity (Wildman–Crippen MR) is 74.5 cm³/mol. The van der Waals surface area contributed by atoms with Gasteiger partial charge in [0.25, 0.3) is 0 Å². The molecule has 1 aliphatic rings. The number of likely N-dealkylation sites (tertiary alicyclic amines) is 1. The van der Waals surface area contributed by atoms with Crippen LogP contribution in [0.3, 0.4) is 0 Å². The molecule has 1 fully saturated rings. The minimum absolute atomic E-state index is 0.141. The van der Waals surface area contributed by atoms with E-state index in [1.54, 1.807) is 12.1 Å². The number of thiophene rings is 1. The van der Waals surface area contributed by atoms with E-state index in [1.807, 2.05) is 6.92 Å². The van der Waals surface area contributed by atoms with E-state index >= 15 is 0 Å². The Hall–Kier alpha value is -0.420. The molecule has 1 atom stereocenters. The molecule has 0 bridgehead atoms. The van der Waals surface area contributed by atoms with Gasteiger partial charge in [-0.25, -0.2) is 0 Å². The highest BCUT2D eigenvalue weighted by Crippen LogP contribution is 2.24. The van der Waals surface area contributed by atoms with Gasteiger partial charge in [0.05, 0.1) is 21.9 Å².